The summed E-state index contributed by atoms with van der Waals surface area (Å²) in [6.07, 6.45) is 7.65. The summed E-state index contributed by atoms with van der Waals surface area (Å²) in [5, 5.41) is 8.53. The monoisotopic (exact) mass is 344 g/mol. The molecule has 1 aliphatic rings. The van der Waals surface area contributed by atoms with Gasteiger partial charge in [-0.1, -0.05) is 38.1 Å². The second kappa shape index (κ2) is 6.91. The van der Waals surface area contributed by atoms with Gasteiger partial charge in [-0.3, -0.25) is 0 Å². The summed E-state index contributed by atoms with van der Waals surface area (Å²) < 4.78 is 5.96. The smallest absolute Gasteiger partial charge is 0.248 e. The first kappa shape index (κ1) is 16.8. The molecule has 0 unspecified atom stereocenters. The van der Waals surface area contributed by atoms with Gasteiger partial charge in [0.05, 0.1) is 0 Å². The number of hydrogen-bond donors (Lipinski definition) is 0. The minimum atomic E-state index is 0.574. The Balaban J connectivity index is 1.58. The van der Waals surface area contributed by atoms with Gasteiger partial charge in [0.25, 0.3) is 0 Å². The van der Waals surface area contributed by atoms with Crippen molar-refractivity contribution < 1.29 is 4.42 Å². The Hall–Kier alpha value is -2.68. The molecule has 4 rings (SSSR count). The summed E-state index contributed by atoms with van der Waals surface area (Å²) in [5.41, 5.74) is 7.22. The fraction of sp³-hybridized carbons (Fsp3) is 0.304. The van der Waals surface area contributed by atoms with Gasteiger partial charge in [-0.15, -0.1) is 10.2 Å². The molecule has 0 fully saturated rings. The van der Waals surface area contributed by atoms with Crippen LogP contribution in [0.1, 0.15) is 42.5 Å². The van der Waals surface area contributed by atoms with Gasteiger partial charge in [0.1, 0.15) is 0 Å². The standard InChI is InChI=1S/C23H24N2O/c1-15(2)7-8-17-9-11-20(13-16(17)3)22-24-25-23(26-22)21-12-10-18-5-4-6-19(18)14-21/h4,6,9-15H,5,7-8H2,1-3H3. The zero-order chi connectivity index (χ0) is 18.1. The number of fused-ring (bicyclic) bond motifs is 1. The first-order valence-electron chi connectivity index (χ1n) is 9.33. The lowest BCUT2D eigenvalue weighted by Crippen LogP contribution is -1.95. The molecule has 132 valence electrons. The highest BCUT2D eigenvalue weighted by Gasteiger charge is 2.14. The van der Waals surface area contributed by atoms with Crippen molar-refractivity contribution in [3.8, 4) is 22.9 Å². The maximum absolute atomic E-state index is 5.96. The van der Waals surface area contributed by atoms with E-state index in [1.807, 2.05) is 0 Å². The van der Waals surface area contributed by atoms with Crippen LogP contribution in [-0.4, -0.2) is 10.2 Å². The van der Waals surface area contributed by atoms with Gasteiger partial charge >= 0.3 is 0 Å². The van der Waals surface area contributed by atoms with Gasteiger partial charge in [-0.05, 0) is 78.6 Å². The maximum Gasteiger partial charge on any atom is 0.248 e. The largest absolute Gasteiger partial charge is 0.416 e. The Labute approximate surface area is 154 Å². The van der Waals surface area contributed by atoms with E-state index in [-0.39, 0.29) is 0 Å². The number of hydrogen-bond acceptors (Lipinski definition) is 3. The fourth-order valence-corrected chi connectivity index (χ4v) is 3.39. The van der Waals surface area contributed by atoms with Crippen molar-refractivity contribution in [2.24, 2.45) is 5.92 Å². The van der Waals surface area contributed by atoms with E-state index in [0.717, 1.165) is 29.9 Å². The second-order valence-electron chi connectivity index (χ2n) is 7.51. The van der Waals surface area contributed by atoms with Crippen molar-refractivity contribution in [2.45, 2.75) is 40.0 Å². The number of rotatable bonds is 5. The molecule has 0 amide bonds. The van der Waals surface area contributed by atoms with Crippen molar-refractivity contribution >= 4 is 6.08 Å². The third-order valence-electron chi connectivity index (χ3n) is 5.03. The van der Waals surface area contributed by atoms with Gasteiger partial charge in [-0.25, -0.2) is 0 Å². The number of nitrogens with zero attached hydrogens (tertiary/aromatic N) is 2. The Bertz CT molecular complexity index is 966. The van der Waals surface area contributed by atoms with Gasteiger partial charge in [0, 0.05) is 11.1 Å². The van der Waals surface area contributed by atoms with Crippen LogP contribution in [0, 0.1) is 12.8 Å². The molecular formula is C23H24N2O. The zero-order valence-electron chi connectivity index (χ0n) is 15.6. The molecule has 0 atom stereocenters. The van der Waals surface area contributed by atoms with Crippen LogP contribution in [0.5, 0.6) is 0 Å². The van der Waals surface area contributed by atoms with E-state index in [2.05, 4.69) is 79.5 Å². The molecule has 0 saturated carbocycles. The Morgan fingerprint density at radius 3 is 2.46 bits per heavy atom. The SMILES string of the molecule is Cc1cc(-c2nnc(-c3ccc4c(c3)C=CC4)o2)ccc1CCC(C)C. The number of benzene rings is 2. The number of aromatic nitrogens is 2. The Morgan fingerprint density at radius 1 is 1.00 bits per heavy atom. The van der Waals surface area contributed by atoms with Crippen LogP contribution in [0.4, 0.5) is 0 Å². The minimum Gasteiger partial charge on any atom is -0.416 e. The highest BCUT2D eigenvalue weighted by atomic mass is 16.4. The predicted molar refractivity (Wildman–Crippen MR) is 106 cm³/mol. The molecule has 0 aliphatic heterocycles. The van der Waals surface area contributed by atoms with Gasteiger partial charge in [0.2, 0.25) is 11.8 Å². The van der Waals surface area contributed by atoms with E-state index in [4.69, 9.17) is 4.42 Å². The average Bonchev–Trinajstić information content (AvgIpc) is 3.29. The summed E-state index contributed by atoms with van der Waals surface area (Å²) in [4.78, 5) is 0. The normalized spacial score (nSPS) is 12.8. The fourth-order valence-electron chi connectivity index (χ4n) is 3.39. The zero-order valence-corrected chi connectivity index (χ0v) is 15.6. The van der Waals surface area contributed by atoms with Crippen molar-refractivity contribution in [2.75, 3.05) is 0 Å². The Kier molecular flexibility index (Phi) is 4.46. The van der Waals surface area contributed by atoms with Crippen LogP contribution in [0.3, 0.4) is 0 Å². The minimum absolute atomic E-state index is 0.574. The molecule has 0 saturated heterocycles. The van der Waals surface area contributed by atoms with Crippen LogP contribution < -0.4 is 0 Å². The van der Waals surface area contributed by atoms with Gasteiger partial charge < -0.3 is 4.42 Å². The number of aryl methyl sites for hydroxylation is 2. The Morgan fingerprint density at radius 2 is 1.73 bits per heavy atom. The first-order chi connectivity index (χ1) is 12.6. The molecule has 3 nitrogen and oxygen atoms in total. The molecule has 26 heavy (non-hydrogen) atoms. The molecule has 0 bridgehead atoms. The van der Waals surface area contributed by atoms with E-state index < -0.39 is 0 Å². The first-order valence-corrected chi connectivity index (χ1v) is 9.33. The van der Waals surface area contributed by atoms with E-state index in [9.17, 15) is 0 Å². The third kappa shape index (κ3) is 3.34. The quantitative estimate of drug-likeness (QED) is 0.581. The summed E-state index contributed by atoms with van der Waals surface area (Å²) in [6.45, 7) is 6.68. The van der Waals surface area contributed by atoms with Crippen LogP contribution in [0.25, 0.3) is 29.0 Å². The summed E-state index contributed by atoms with van der Waals surface area (Å²) in [7, 11) is 0. The van der Waals surface area contributed by atoms with Gasteiger partial charge in [0.15, 0.2) is 0 Å². The van der Waals surface area contributed by atoms with Crippen molar-refractivity contribution in [3.05, 3.63) is 64.7 Å². The molecule has 2 aromatic carbocycles. The molecule has 1 aliphatic carbocycles. The van der Waals surface area contributed by atoms with Crippen LogP contribution in [0.15, 0.2) is 46.9 Å². The van der Waals surface area contributed by atoms with E-state index in [1.54, 1.807) is 0 Å². The lowest BCUT2D eigenvalue weighted by atomic mass is 9.97. The average molecular weight is 344 g/mol. The molecule has 3 aromatic rings. The topological polar surface area (TPSA) is 38.9 Å². The summed E-state index contributed by atoms with van der Waals surface area (Å²) >= 11 is 0. The number of allylic oxidation sites excluding steroid dienone is 1. The van der Waals surface area contributed by atoms with E-state index >= 15 is 0 Å². The van der Waals surface area contributed by atoms with E-state index in [1.165, 1.54) is 28.7 Å². The molecule has 1 aromatic heterocycles. The highest BCUT2D eigenvalue weighted by Crippen LogP contribution is 2.29. The van der Waals surface area contributed by atoms with Gasteiger partial charge in [-0.2, -0.15) is 0 Å². The molecule has 0 spiro atoms. The van der Waals surface area contributed by atoms with Crippen LogP contribution in [0.2, 0.25) is 0 Å². The second-order valence-corrected chi connectivity index (χ2v) is 7.51. The molecule has 3 heteroatoms. The maximum atomic E-state index is 5.96. The van der Waals surface area contributed by atoms with E-state index in [0.29, 0.717) is 11.8 Å². The molecule has 0 radical (unpaired) electrons. The van der Waals surface area contributed by atoms with Crippen molar-refractivity contribution in [3.63, 3.8) is 0 Å². The molecular weight excluding hydrogens is 320 g/mol. The lowest BCUT2D eigenvalue weighted by Gasteiger charge is -2.08. The summed E-state index contributed by atoms with van der Waals surface area (Å²) in [5.74, 6) is 1.87. The van der Waals surface area contributed by atoms with Crippen molar-refractivity contribution in [1.82, 2.24) is 10.2 Å². The van der Waals surface area contributed by atoms with Crippen LogP contribution >= 0.6 is 0 Å². The molecule has 0 N–H and O–H groups in total. The highest BCUT2D eigenvalue weighted by molar-refractivity contribution is 5.67. The van der Waals surface area contributed by atoms with Crippen molar-refractivity contribution in [1.29, 1.82) is 0 Å². The third-order valence-corrected chi connectivity index (χ3v) is 5.03. The predicted octanol–water partition coefficient (Wildman–Crippen LogP) is 5.87. The summed E-state index contributed by atoms with van der Waals surface area (Å²) in [6, 6.07) is 12.8. The lowest BCUT2D eigenvalue weighted by molar-refractivity contribution is 0.582. The van der Waals surface area contributed by atoms with Crippen LogP contribution in [-0.2, 0) is 12.8 Å². The molecule has 1 heterocycles.